The molecule has 2 fully saturated rings. The maximum atomic E-state index is 14.4. The summed E-state index contributed by atoms with van der Waals surface area (Å²) in [5, 5.41) is 0. The molecule has 2 aliphatic rings. The van der Waals surface area contributed by atoms with Crippen molar-refractivity contribution < 1.29 is 18.4 Å². The second kappa shape index (κ2) is 6.68. The van der Waals surface area contributed by atoms with E-state index in [1.807, 2.05) is 38.0 Å². The number of carbonyl (C=O) groups is 2. The standard InChI is InChI=1S/C15H26F2N4O2/c1-18(2)11-5-7-20(9-11)13(22)15(16,17)14(23)21-8-6-12(10-21)19(3)4/h11-12H,5-10H2,1-4H3. The van der Waals surface area contributed by atoms with Crippen LogP contribution in [-0.4, -0.2) is 104 Å². The van der Waals surface area contributed by atoms with Gasteiger partial charge in [-0.05, 0) is 41.0 Å². The molecule has 23 heavy (non-hydrogen) atoms. The molecule has 2 aliphatic heterocycles. The molecule has 0 saturated carbocycles. The van der Waals surface area contributed by atoms with E-state index in [1.54, 1.807) is 0 Å². The lowest BCUT2D eigenvalue weighted by atomic mass is 10.2. The monoisotopic (exact) mass is 332 g/mol. The lowest BCUT2D eigenvalue weighted by molar-refractivity contribution is -0.172. The van der Waals surface area contributed by atoms with Crippen molar-refractivity contribution >= 4 is 11.8 Å². The second-order valence-electron chi connectivity index (χ2n) is 6.89. The van der Waals surface area contributed by atoms with Crippen molar-refractivity contribution in [3.05, 3.63) is 0 Å². The Balaban J connectivity index is 2.00. The summed E-state index contributed by atoms with van der Waals surface area (Å²) >= 11 is 0. The van der Waals surface area contributed by atoms with Crippen molar-refractivity contribution in [1.29, 1.82) is 0 Å². The van der Waals surface area contributed by atoms with Gasteiger partial charge < -0.3 is 19.6 Å². The van der Waals surface area contributed by atoms with E-state index in [0.717, 1.165) is 9.80 Å². The van der Waals surface area contributed by atoms with Crippen molar-refractivity contribution in [2.45, 2.75) is 30.8 Å². The van der Waals surface area contributed by atoms with Crippen molar-refractivity contribution in [3.63, 3.8) is 0 Å². The molecule has 0 spiro atoms. The highest BCUT2D eigenvalue weighted by Gasteiger charge is 2.53. The number of hydrogen-bond donors (Lipinski definition) is 0. The average molecular weight is 332 g/mol. The van der Waals surface area contributed by atoms with Crippen LogP contribution in [0.4, 0.5) is 8.78 Å². The maximum absolute atomic E-state index is 14.4. The molecular weight excluding hydrogens is 306 g/mol. The van der Waals surface area contributed by atoms with Gasteiger partial charge in [0.25, 0.3) is 0 Å². The van der Waals surface area contributed by atoms with Crippen LogP contribution in [0.25, 0.3) is 0 Å². The van der Waals surface area contributed by atoms with Crippen LogP contribution in [0.1, 0.15) is 12.8 Å². The predicted molar refractivity (Wildman–Crippen MR) is 82.3 cm³/mol. The Bertz CT molecular complexity index is 430. The third-order valence-electron chi connectivity index (χ3n) is 4.90. The van der Waals surface area contributed by atoms with Crippen LogP contribution in [-0.2, 0) is 9.59 Å². The molecule has 2 unspecified atom stereocenters. The van der Waals surface area contributed by atoms with Gasteiger partial charge in [0.05, 0.1) is 0 Å². The number of halogens is 2. The number of carbonyl (C=O) groups excluding carboxylic acids is 2. The van der Waals surface area contributed by atoms with E-state index in [9.17, 15) is 18.4 Å². The molecule has 2 heterocycles. The van der Waals surface area contributed by atoms with Crippen LogP contribution in [0.2, 0.25) is 0 Å². The Hall–Kier alpha value is -1.28. The van der Waals surface area contributed by atoms with Crippen molar-refractivity contribution in [1.82, 2.24) is 19.6 Å². The van der Waals surface area contributed by atoms with Gasteiger partial charge in [0.2, 0.25) is 0 Å². The topological polar surface area (TPSA) is 47.1 Å². The summed E-state index contributed by atoms with van der Waals surface area (Å²) in [7, 11) is 7.42. The van der Waals surface area contributed by atoms with Gasteiger partial charge in [-0.3, -0.25) is 9.59 Å². The molecule has 0 radical (unpaired) electrons. The van der Waals surface area contributed by atoms with Gasteiger partial charge in [-0.1, -0.05) is 0 Å². The van der Waals surface area contributed by atoms with E-state index in [4.69, 9.17) is 0 Å². The van der Waals surface area contributed by atoms with Gasteiger partial charge in [0.1, 0.15) is 0 Å². The molecule has 0 aromatic carbocycles. The Morgan fingerprint density at radius 1 is 0.870 bits per heavy atom. The van der Waals surface area contributed by atoms with Crippen LogP contribution >= 0.6 is 0 Å². The van der Waals surface area contributed by atoms with Gasteiger partial charge in [-0.25, -0.2) is 0 Å². The minimum atomic E-state index is -3.97. The number of amides is 2. The Labute approximate surface area is 136 Å². The summed E-state index contributed by atoms with van der Waals surface area (Å²) in [6.07, 6.45) is 1.30. The Kier molecular flexibility index (Phi) is 5.25. The zero-order valence-electron chi connectivity index (χ0n) is 14.3. The zero-order chi connectivity index (χ0) is 17.4. The minimum absolute atomic E-state index is 0.0646. The van der Waals surface area contributed by atoms with Crippen LogP contribution < -0.4 is 0 Å². The number of alkyl halides is 2. The second-order valence-corrected chi connectivity index (χ2v) is 6.89. The smallest absolute Gasteiger partial charge is 0.335 e. The van der Waals surface area contributed by atoms with Crippen LogP contribution in [0.15, 0.2) is 0 Å². The van der Waals surface area contributed by atoms with Crippen molar-refractivity contribution in [3.8, 4) is 0 Å². The van der Waals surface area contributed by atoms with Gasteiger partial charge in [0, 0.05) is 38.3 Å². The van der Waals surface area contributed by atoms with E-state index in [-0.39, 0.29) is 38.3 Å². The normalized spacial score (nSPS) is 25.7. The maximum Gasteiger partial charge on any atom is 0.401 e. The molecule has 0 bridgehead atoms. The molecule has 132 valence electrons. The number of likely N-dealkylation sites (N-methyl/N-ethyl adjacent to an activating group) is 2. The third-order valence-corrected chi connectivity index (χ3v) is 4.90. The Morgan fingerprint density at radius 2 is 1.22 bits per heavy atom. The largest absolute Gasteiger partial charge is 0.401 e. The number of likely N-dealkylation sites (tertiary alicyclic amines) is 2. The predicted octanol–water partition coefficient (Wildman–Crippen LogP) is -0.0533. The minimum Gasteiger partial charge on any atom is -0.335 e. The highest BCUT2D eigenvalue weighted by molar-refractivity contribution is 6.06. The van der Waals surface area contributed by atoms with E-state index in [1.165, 1.54) is 0 Å². The van der Waals surface area contributed by atoms with Crippen molar-refractivity contribution in [2.24, 2.45) is 0 Å². The summed E-state index contributed by atoms with van der Waals surface area (Å²) in [5.74, 6) is -6.69. The molecular formula is C15H26F2N4O2. The number of hydrogen-bond acceptors (Lipinski definition) is 4. The zero-order valence-corrected chi connectivity index (χ0v) is 14.3. The molecule has 0 aromatic heterocycles. The lowest BCUT2D eigenvalue weighted by Crippen LogP contribution is -2.53. The third kappa shape index (κ3) is 3.63. The fourth-order valence-electron chi connectivity index (χ4n) is 3.18. The molecule has 0 aliphatic carbocycles. The molecule has 8 heteroatoms. The van der Waals surface area contributed by atoms with Crippen LogP contribution in [0.5, 0.6) is 0 Å². The van der Waals surface area contributed by atoms with Gasteiger partial charge in [0.15, 0.2) is 0 Å². The molecule has 2 saturated heterocycles. The van der Waals surface area contributed by atoms with Gasteiger partial charge in [-0.15, -0.1) is 0 Å². The SMILES string of the molecule is CN(C)C1CCN(C(=O)C(F)(F)C(=O)N2CCC(N(C)C)C2)C1. The highest BCUT2D eigenvalue weighted by Crippen LogP contribution is 2.26. The summed E-state index contributed by atoms with van der Waals surface area (Å²) < 4.78 is 28.7. The van der Waals surface area contributed by atoms with Gasteiger partial charge >= 0.3 is 17.7 Å². The van der Waals surface area contributed by atoms with E-state index in [2.05, 4.69) is 0 Å². The summed E-state index contributed by atoms with van der Waals surface area (Å²) in [5.41, 5.74) is 0. The fraction of sp³-hybridized carbons (Fsp3) is 0.867. The summed E-state index contributed by atoms with van der Waals surface area (Å²) in [4.78, 5) is 30.3. The van der Waals surface area contributed by atoms with E-state index >= 15 is 0 Å². The number of nitrogens with zero attached hydrogens (tertiary/aromatic N) is 4. The molecule has 2 atom stereocenters. The first kappa shape index (κ1) is 18.1. The number of rotatable bonds is 4. The first-order chi connectivity index (χ1) is 10.6. The lowest BCUT2D eigenvalue weighted by Gasteiger charge is -2.27. The van der Waals surface area contributed by atoms with Crippen LogP contribution in [0, 0.1) is 0 Å². The summed E-state index contributed by atoms with van der Waals surface area (Å²) in [6.45, 7) is 1.03. The quantitative estimate of drug-likeness (QED) is 0.677. The Morgan fingerprint density at radius 3 is 1.48 bits per heavy atom. The molecule has 6 nitrogen and oxygen atoms in total. The average Bonchev–Trinajstić information content (AvgIpc) is 3.14. The molecule has 0 aromatic rings. The fourth-order valence-corrected chi connectivity index (χ4v) is 3.18. The molecule has 2 amide bonds. The van der Waals surface area contributed by atoms with E-state index < -0.39 is 17.7 Å². The highest BCUT2D eigenvalue weighted by atomic mass is 19.3. The van der Waals surface area contributed by atoms with Gasteiger partial charge in [-0.2, -0.15) is 8.78 Å². The first-order valence-corrected chi connectivity index (χ1v) is 7.94. The molecule has 0 N–H and O–H groups in total. The molecule has 2 rings (SSSR count). The van der Waals surface area contributed by atoms with E-state index in [0.29, 0.717) is 12.8 Å². The van der Waals surface area contributed by atoms with Crippen LogP contribution in [0.3, 0.4) is 0 Å². The first-order valence-electron chi connectivity index (χ1n) is 7.94. The summed E-state index contributed by atoms with van der Waals surface area (Å²) in [6, 6.07) is 0.129. The van der Waals surface area contributed by atoms with Crippen molar-refractivity contribution in [2.75, 3.05) is 54.4 Å².